The molecule has 0 fully saturated rings. The summed E-state index contributed by atoms with van der Waals surface area (Å²) in [5, 5.41) is 0. The molecule has 2 nitrogen and oxygen atoms in total. The molecular weight excluding hydrogens is 264 g/mol. The van der Waals surface area contributed by atoms with Crippen LogP contribution >= 0.6 is 0 Å². The van der Waals surface area contributed by atoms with Gasteiger partial charge in [-0.25, -0.2) is 0 Å². The number of rotatable bonds is 10. The van der Waals surface area contributed by atoms with Crippen molar-refractivity contribution >= 4 is 14.6 Å². The number of hydrogen-bond donors (Lipinski definition) is 0. The van der Waals surface area contributed by atoms with E-state index in [-0.39, 0.29) is 0 Å². The molecule has 20 heavy (non-hydrogen) atoms. The zero-order valence-corrected chi connectivity index (χ0v) is 14.2. The molecule has 0 heterocycles. The summed E-state index contributed by atoms with van der Waals surface area (Å²) in [5.41, 5.74) is 2.47. The average molecular weight is 292 g/mol. The van der Waals surface area contributed by atoms with E-state index in [2.05, 4.69) is 44.7 Å². The maximum atomic E-state index is 6.22. The topological polar surface area (TPSA) is 18.5 Å². The van der Waals surface area contributed by atoms with Gasteiger partial charge in [0.15, 0.2) is 0 Å². The van der Waals surface area contributed by atoms with Gasteiger partial charge in [0, 0.05) is 13.7 Å². The molecule has 0 atom stereocenters. The predicted octanol–water partition coefficient (Wildman–Crippen LogP) is 4.80. The highest BCUT2D eigenvalue weighted by molar-refractivity contribution is 6.67. The van der Waals surface area contributed by atoms with Crippen LogP contribution in [0.5, 0.6) is 0 Å². The van der Waals surface area contributed by atoms with Gasteiger partial charge < -0.3 is 8.85 Å². The molecule has 0 aromatic heterocycles. The van der Waals surface area contributed by atoms with Crippen LogP contribution in [0.3, 0.4) is 0 Å². The molecule has 1 aromatic rings. The Hall–Kier alpha value is -0.903. The SMILES string of the molecule is C=Cc1ccc(CCO[Si](CCC)(CCC)OC)cc1. The molecule has 0 aliphatic carbocycles. The Morgan fingerprint density at radius 2 is 1.70 bits per heavy atom. The zero-order chi connectivity index (χ0) is 14.8. The van der Waals surface area contributed by atoms with Crippen LogP contribution < -0.4 is 0 Å². The smallest absolute Gasteiger partial charge is 0.337 e. The van der Waals surface area contributed by atoms with Crippen LogP contribution in [0.25, 0.3) is 6.08 Å². The van der Waals surface area contributed by atoms with Crippen molar-refractivity contribution in [3.8, 4) is 0 Å². The first-order valence-corrected chi connectivity index (χ1v) is 9.83. The van der Waals surface area contributed by atoms with Gasteiger partial charge in [0.05, 0.1) is 0 Å². The summed E-state index contributed by atoms with van der Waals surface area (Å²) in [6, 6.07) is 10.7. The third-order valence-electron chi connectivity index (χ3n) is 3.61. The lowest BCUT2D eigenvalue weighted by molar-refractivity contribution is 0.199. The number of hydrogen-bond acceptors (Lipinski definition) is 2. The minimum Gasteiger partial charge on any atom is -0.398 e. The number of benzene rings is 1. The van der Waals surface area contributed by atoms with Gasteiger partial charge in [-0.2, -0.15) is 0 Å². The van der Waals surface area contributed by atoms with Crippen molar-refractivity contribution in [3.63, 3.8) is 0 Å². The molecule has 1 aromatic carbocycles. The van der Waals surface area contributed by atoms with Crippen LogP contribution in [-0.2, 0) is 15.3 Å². The van der Waals surface area contributed by atoms with Gasteiger partial charge in [-0.15, -0.1) is 0 Å². The molecule has 3 heteroatoms. The lowest BCUT2D eigenvalue weighted by Gasteiger charge is -2.28. The van der Waals surface area contributed by atoms with Gasteiger partial charge in [0.2, 0.25) is 0 Å². The molecule has 112 valence electrons. The Balaban J connectivity index is 2.52. The van der Waals surface area contributed by atoms with E-state index in [1.807, 2.05) is 13.2 Å². The summed E-state index contributed by atoms with van der Waals surface area (Å²) in [4.78, 5) is 0. The summed E-state index contributed by atoms with van der Waals surface area (Å²) >= 11 is 0. The van der Waals surface area contributed by atoms with Crippen molar-refractivity contribution < 1.29 is 8.85 Å². The summed E-state index contributed by atoms with van der Waals surface area (Å²) in [7, 11) is -0.141. The highest BCUT2D eigenvalue weighted by atomic mass is 28.4. The molecular formula is C17H28O2Si. The quantitative estimate of drug-likeness (QED) is 0.577. The second-order valence-corrected chi connectivity index (χ2v) is 8.68. The minimum atomic E-state index is -1.96. The molecule has 0 bridgehead atoms. The molecule has 1 rings (SSSR count). The van der Waals surface area contributed by atoms with Gasteiger partial charge in [0.1, 0.15) is 0 Å². The lowest BCUT2D eigenvalue weighted by Crippen LogP contribution is -2.41. The molecule has 0 N–H and O–H groups in total. The van der Waals surface area contributed by atoms with E-state index >= 15 is 0 Å². The van der Waals surface area contributed by atoms with Crippen LogP contribution in [0.15, 0.2) is 30.8 Å². The van der Waals surface area contributed by atoms with E-state index in [0.29, 0.717) is 0 Å². The summed E-state index contributed by atoms with van der Waals surface area (Å²) in [5.74, 6) is 0. The Bertz CT molecular complexity index is 380. The van der Waals surface area contributed by atoms with Gasteiger partial charge in [-0.1, -0.05) is 63.6 Å². The van der Waals surface area contributed by atoms with Crippen LogP contribution in [0, 0.1) is 0 Å². The van der Waals surface area contributed by atoms with Crippen molar-refractivity contribution in [2.75, 3.05) is 13.7 Å². The lowest BCUT2D eigenvalue weighted by atomic mass is 10.1. The molecule has 0 amide bonds. The van der Waals surface area contributed by atoms with E-state index in [1.165, 1.54) is 5.56 Å². The van der Waals surface area contributed by atoms with Gasteiger partial charge >= 0.3 is 8.56 Å². The van der Waals surface area contributed by atoms with Gasteiger partial charge in [-0.3, -0.25) is 0 Å². The highest BCUT2D eigenvalue weighted by Gasteiger charge is 2.34. The summed E-state index contributed by atoms with van der Waals surface area (Å²) in [6.07, 6.45) is 5.08. The first-order valence-electron chi connectivity index (χ1n) is 7.60. The van der Waals surface area contributed by atoms with Gasteiger partial charge in [0.25, 0.3) is 0 Å². The Morgan fingerprint density at radius 1 is 1.10 bits per heavy atom. The molecule has 0 spiro atoms. The Labute approximate surface area is 125 Å². The Morgan fingerprint density at radius 3 is 2.15 bits per heavy atom. The zero-order valence-electron chi connectivity index (χ0n) is 13.2. The summed E-state index contributed by atoms with van der Waals surface area (Å²) < 4.78 is 12.0. The molecule has 0 radical (unpaired) electrons. The van der Waals surface area contributed by atoms with Crippen molar-refractivity contribution in [3.05, 3.63) is 42.0 Å². The van der Waals surface area contributed by atoms with Crippen LogP contribution in [0.2, 0.25) is 12.1 Å². The first kappa shape index (κ1) is 17.1. The third-order valence-corrected chi connectivity index (χ3v) is 7.60. The van der Waals surface area contributed by atoms with E-state index in [1.54, 1.807) is 0 Å². The van der Waals surface area contributed by atoms with Crippen LogP contribution in [-0.4, -0.2) is 22.3 Å². The Kier molecular flexibility index (Phi) is 7.81. The van der Waals surface area contributed by atoms with Crippen molar-refractivity contribution in [2.45, 2.75) is 45.2 Å². The minimum absolute atomic E-state index is 0.757. The van der Waals surface area contributed by atoms with Crippen LogP contribution in [0.1, 0.15) is 37.8 Å². The second kappa shape index (κ2) is 9.11. The van der Waals surface area contributed by atoms with E-state index < -0.39 is 8.56 Å². The fourth-order valence-corrected chi connectivity index (χ4v) is 5.53. The fourth-order valence-electron chi connectivity index (χ4n) is 2.47. The normalized spacial score (nSPS) is 11.6. The van der Waals surface area contributed by atoms with Gasteiger partial charge in [-0.05, 0) is 29.6 Å². The van der Waals surface area contributed by atoms with Crippen molar-refractivity contribution in [2.24, 2.45) is 0 Å². The summed E-state index contributed by atoms with van der Waals surface area (Å²) in [6.45, 7) is 8.93. The largest absolute Gasteiger partial charge is 0.398 e. The molecule has 0 aliphatic heterocycles. The monoisotopic (exact) mass is 292 g/mol. The van der Waals surface area contributed by atoms with E-state index in [9.17, 15) is 0 Å². The second-order valence-electron chi connectivity index (χ2n) is 5.16. The van der Waals surface area contributed by atoms with Crippen LogP contribution in [0.4, 0.5) is 0 Å². The average Bonchev–Trinajstić information content (AvgIpc) is 2.48. The van der Waals surface area contributed by atoms with E-state index in [4.69, 9.17) is 8.85 Å². The molecule has 0 saturated carbocycles. The van der Waals surface area contributed by atoms with Crippen molar-refractivity contribution in [1.82, 2.24) is 0 Å². The molecule has 0 unspecified atom stereocenters. The van der Waals surface area contributed by atoms with Crippen molar-refractivity contribution in [1.29, 1.82) is 0 Å². The molecule has 0 saturated heterocycles. The molecule has 0 aliphatic rings. The maximum Gasteiger partial charge on any atom is 0.337 e. The first-order chi connectivity index (χ1) is 9.69. The predicted molar refractivity (Wildman–Crippen MR) is 89.1 cm³/mol. The third kappa shape index (κ3) is 5.23. The fraction of sp³-hybridized carbons (Fsp3) is 0.529. The van der Waals surface area contributed by atoms with E-state index in [0.717, 1.165) is 43.5 Å². The maximum absolute atomic E-state index is 6.22. The highest BCUT2D eigenvalue weighted by Crippen LogP contribution is 2.22. The standard InChI is InChI=1S/C17H28O2Si/c1-5-14-20(18-4,15-6-2)19-13-12-17-10-8-16(7-3)9-11-17/h7-11H,3,5-6,12-15H2,1-2,4H3.